The highest BCUT2D eigenvalue weighted by Crippen LogP contribution is 2.28. The minimum Gasteiger partial charge on any atom is -0.354 e. The molecule has 2 rings (SSSR count). The van der Waals surface area contributed by atoms with E-state index in [4.69, 9.17) is 34.8 Å². The average Bonchev–Trinajstić information content (AvgIpc) is 2.76. The molecule has 0 aliphatic carbocycles. The smallest absolute Gasteiger partial charge is 0.244 e. The van der Waals surface area contributed by atoms with Crippen LogP contribution < -0.4 is 9.62 Å². The van der Waals surface area contributed by atoms with Gasteiger partial charge < -0.3 is 10.2 Å². The Bertz CT molecular complexity index is 1120. The number of sulfonamides is 1. The van der Waals surface area contributed by atoms with Crippen LogP contribution in [0.25, 0.3) is 0 Å². The lowest BCUT2D eigenvalue weighted by atomic mass is 10.1. The molecule has 1 N–H and O–H groups in total. The number of carbonyl (C=O) groups is 2. The van der Waals surface area contributed by atoms with Crippen molar-refractivity contribution in [3.8, 4) is 0 Å². The molecular formula is C23H28Cl3N3O4S. The van der Waals surface area contributed by atoms with Crippen LogP contribution in [-0.2, 0) is 26.2 Å². The van der Waals surface area contributed by atoms with Gasteiger partial charge in [-0.15, -0.1) is 0 Å². The van der Waals surface area contributed by atoms with Crippen molar-refractivity contribution in [2.75, 3.05) is 23.7 Å². The van der Waals surface area contributed by atoms with E-state index in [9.17, 15) is 18.0 Å². The largest absolute Gasteiger partial charge is 0.354 e. The van der Waals surface area contributed by atoms with E-state index in [1.165, 1.54) is 23.1 Å². The molecule has 186 valence electrons. The Morgan fingerprint density at radius 3 is 2.12 bits per heavy atom. The van der Waals surface area contributed by atoms with Crippen molar-refractivity contribution in [1.82, 2.24) is 10.2 Å². The average molecular weight is 549 g/mol. The van der Waals surface area contributed by atoms with Gasteiger partial charge in [0.15, 0.2) is 0 Å². The monoisotopic (exact) mass is 547 g/mol. The van der Waals surface area contributed by atoms with Crippen molar-refractivity contribution in [3.63, 3.8) is 0 Å². The van der Waals surface area contributed by atoms with Gasteiger partial charge >= 0.3 is 0 Å². The Morgan fingerprint density at radius 2 is 1.59 bits per heavy atom. The predicted molar refractivity (Wildman–Crippen MR) is 138 cm³/mol. The van der Waals surface area contributed by atoms with Crippen LogP contribution in [0.2, 0.25) is 15.1 Å². The Balaban J connectivity index is 2.37. The van der Waals surface area contributed by atoms with E-state index in [-0.39, 0.29) is 34.1 Å². The second kappa shape index (κ2) is 12.1. The molecule has 2 amide bonds. The van der Waals surface area contributed by atoms with Crippen LogP contribution in [0.3, 0.4) is 0 Å². The maximum Gasteiger partial charge on any atom is 0.244 e. The van der Waals surface area contributed by atoms with Crippen molar-refractivity contribution in [2.24, 2.45) is 5.92 Å². The van der Waals surface area contributed by atoms with Gasteiger partial charge in [-0.05, 0) is 48.7 Å². The van der Waals surface area contributed by atoms with Crippen LogP contribution in [-0.4, -0.2) is 50.5 Å². The van der Waals surface area contributed by atoms with Gasteiger partial charge in [0.2, 0.25) is 21.8 Å². The second-order valence-electron chi connectivity index (χ2n) is 8.33. The molecule has 0 heterocycles. The summed E-state index contributed by atoms with van der Waals surface area (Å²) in [7, 11) is -3.86. The van der Waals surface area contributed by atoms with E-state index in [0.29, 0.717) is 11.6 Å². The zero-order chi connectivity index (χ0) is 25.6. The summed E-state index contributed by atoms with van der Waals surface area (Å²) in [5, 5.41) is 3.76. The fraction of sp³-hybridized carbons (Fsp3) is 0.391. The van der Waals surface area contributed by atoms with Crippen LogP contribution in [0.5, 0.6) is 0 Å². The van der Waals surface area contributed by atoms with Gasteiger partial charge in [-0.3, -0.25) is 13.9 Å². The first-order valence-corrected chi connectivity index (χ1v) is 13.5. The van der Waals surface area contributed by atoms with Gasteiger partial charge in [0, 0.05) is 18.1 Å². The first kappa shape index (κ1) is 28.2. The van der Waals surface area contributed by atoms with Gasteiger partial charge in [-0.1, -0.05) is 60.8 Å². The highest BCUT2D eigenvalue weighted by Gasteiger charge is 2.30. The van der Waals surface area contributed by atoms with Gasteiger partial charge in [0.25, 0.3) is 0 Å². The summed E-state index contributed by atoms with van der Waals surface area (Å²) in [5.41, 5.74) is 0.926. The number of nitrogens with zero attached hydrogens (tertiary/aromatic N) is 2. The van der Waals surface area contributed by atoms with Crippen molar-refractivity contribution >= 4 is 62.3 Å². The number of halogens is 3. The summed E-state index contributed by atoms with van der Waals surface area (Å²) in [6.07, 6.45) is 0.991. The third-order valence-corrected chi connectivity index (χ3v) is 7.12. The molecule has 0 fully saturated rings. The van der Waals surface area contributed by atoms with Gasteiger partial charge in [-0.2, -0.15) is 0 Å². The summed E-state index contributed by atoms with van der Waals surface area (Å²) in [5.74, 6) is -0.665. The summed E-state index contributed by atoms with van der Waals surface area (Å²) < 4.78 is 26.0. The zero-order valence-corrected chi connectivity index (χ0v) is 22.5. The number of hydrogen-bond acceptors (Lipinski definition) is 4. The molecule has 0 radical (unpaired) electrons. The van der Waals surface area contributed by atoms with E-state index in [1.54, 1.807) is 31.2 Å². The highest BCUT2D eigenvalue weighted by molar-refractivity contribution is 7.92. The lowest BCUT2D eigenvalue weighted by molar-refractivity contribution is -0.139. The molecule has 1 atom stereocenters. The number of nitrogens with one attached hydrogen (secondary N) is 1. The SMILES string of the molecule is CC(C)CNC(=O)[C@H](C)N(Cc1ccc(Cl)cc1)C(=O)CN(c1ccc(Cl)c(Cl)c1)S(C)(=O)=O. The van der Waals surface area contributed by atoms with Crippen LogP contribution >= 0.6 is 34.8 Å². The minimum atomic E-state index is -3.86. The molecule has 0 aromatic heterocycles. The third kappa shape index (κ3) is 8.05. The number of anilines is 1. The fourth-order valence-electron chi connectivity index (χ4n) is 3.08. The number of amides is 2. The second-order valence-corrected chi connectivity index (χ2v) is 11.5. The van der Waals surface area contributed by atoms with Crippen molar-refractivity contribution < 1.29 is 18.0 Å². The molecule has 2 aromatic carbocycles. The molecule has 0 saturated heterocycles. The molecule has 0 spiro atoms. The summed E-state index contributed by atoms with van der Waals surface area (Å²) >= 11 is 18.0. The van der Waals surface area contributed by atoms with E-state index in [2.05, 4.69) is 5.32 Å². The molecule has 34 heavy (non-hydrogen) atoms. The first-order valence-electron chi connectivity index (χ1n) is 10.5. The van der Waals surface area contributed by atoms with E-state index in [1.807, 2.05) is 13.8 Å². The summed E-state index contributed by atoms with van der Waals surface area (Å²) in [6, 6.07) is 10.3. The molecule has 2 aromatic rings. The van der Waals surface area contributed by atoms with E-state index < -0.39 is 28.5 Å². The Labute approximate surface area is 216 Å². The molecule has 0 aliphatic heterocycles. The molecule has 7 nitrogen and oxygen atoms in total. The van der Waals surface area contributed by atoms with Gasteiger partial charge in [0.1, 0.15) is 12.6 Å². The third-order valence-electron chi connectivity index (χ3n) is 4.99. The van der Waals surface area contributed by atoms with Gasteiger partial charge in [0.05, 0.1) is 22.0 Å². The normalized spacial score (nSPS) is 12.4. The number of carbonyl (C=O) groups excluding carboxylic acids is 2. The molecule has 0 saturated carbocycles. The van der Waals surface area contributed by atoms with Crippen molar-refractivity contribution in [1.29, 1.82) is 0 Å². The molecule has 11 heteroatoms. The van der Waals surface area contributed by atoms with Crippen LogP contribution in [0.15, 0.2) is 42.5 Å². The van der Waals surface area contributed by atoms with Crippen LogP contribution in [0.1, 0.15) is 26.3 Å². The lowest BCUT2D eigenvalue weighted by Gasteiger charge is -2.31. The van der Waals surface area contributed by atoms with E-state index in [0.717, 1.165) is 16.1 Å². The van der Waals surface area contributed by atoms with Crippen molar-refractivity contribution in [2.45, 2.75) is 33.4 Å². The Morgan fingerprint density at radius 1 is 0.971 bits per heavy atom. The maximum atomic E-state index is 13.4. The molecule has 0 bridgehead atoms. The Kier molecular flexibility index (Phi) is 10.1. The predicted octanol–water partition coefficient (Wildman–Crippen LogP) is 4.60. The van der Waals surface area contributed by atoms with Crippen molar-refractivity contribution in [3.05, 3.63) is 63.1 Å². The standard InChI is InChI=1S/C23H28Cl3N3O4S/c1-15(2)12-27-23(31)16(3)28(13-17-5-7-18(24)8-6-17)22(30)14-29(34(4,32)33)19-9-10-20(25)21(26)11-19/h5-11,15-16H,12-14H2,1-4H3,(H,27,31)/t16-/m0/s1. The minimum absolute atomic E-state index is 0.0885. The number of hydrogen-bond donors (Lipinski definition) is 1. The van der Waals surface area contributed by atoms with E-state index >= 15 is 0 Å². The fourth-order valence-corrected chi connectivity index (χ4v) is 4.34. The summed E-state index contributed by atoms with van der Waals surface area (Å²) in [6.45, 7) is 5.54. The number of benzene rings is 2. The summed E-state index contributed by atoms with van der Waals surface area (Å²) in [4.78, 5) is 27.6. The van der Waals surface area contributed by atoms with Crippen LogP contribution in [0.4, 0.5) is 5.69 Å². The molecular weight excluding hydrogens is 521 g/mol. The molecule has 0 aliphatic rings. The zero-order valence-electron chi connectivity index (χ0n) is 19.4. The van der Waals surface area contributed by atoms with Gasteiger partial charge in [-0.25, -0.2) is 8.42 Å². The highest BCUT2D eigenvalue weighted by atomic mass is 35.5. The molecule has 0 unspecified atom stereocenters. The quantitative estimate of drug-likeness (QED) is 0.470. The topological polar surface area (TPSA) is 86.8 Å². The lowest BCUT2D eigenvalue weighted by Crippen LogP contribution is -2.51. The maximum absolute atomic E-state index is 13.4. The Hall–Kier alpha value is -2.00. The number of rotatable bonds is 10. The van der Waals surface area contributed by atoms with Crippen LogP contribution in [0, 0.1) is 5.92 Å². The first-order chi connectivity index (χ1) is 15.8.